The molecule has 0 saturated heterocycles. The second kappa shape index (κ2) is 10.1. The lowest BCUT2D eigenvalue weighted by Crippen LogP contribution is -2.35. The molecule has 2 aromatic rings. The molecular weight excluding hydrogens is 310 g/mol. The number of nitrogens with zero attached hydrogens (tertiary/aromatic N) is 1. The zero-order chi connectivity index (χ0) is 18.1. The van der Waals surface area contributed by atoms with Crippen molar-refractivity contribution in [3.8, 4) is 17.2 Å². The molecule has 2 rings (SSSR count). The molecule has 3 heteroatoms. The van der Waals surface area contributed by atoms with Gasteiger partial charge in [-0.05, 0) is 63.5 Å². The number of hydrogen-bond donors (Lipinski definition) is 0. The fraction of sp³-hybridized carbons (Fsp3) is 0.455. The second-order valence-electron chi connectivity index (χ2n) is 6.54. The third kappa shape index (κ3) is 6.09. The van der Waals surface area contributed by atoms with Crippen molar-refractivity contribution < 1.29 is 9.47 Å². The molecule has 136 valence electrons. The Hall–Kier alpha value is -2.00. The van der Waals surface area contributed by atoms with Gasteiger partial charge in [-0.25, -0.2) is 0 Å². The Bertz CT molecular complexity index is 635. The molecule has 1 atom stereocenters. The van der Waals surface area contributed by atoms with E-state index in [1.807, 2.05) is 42.5 Å². The second-order valence-corrected chi connectivity index (χ2v) is 6.54. The topological polar surface area (TPSA) is 21.7 Å². The zero-order valence-electron chi connectivity index (χ0n) is 16.0. The fourth-order valence-corrected chi connectivity index (χ4v) is 2.97. The van der Waals surface area contributed by atoms with E-state index in [1.54, 1.807) is 0 Å². The van der Waals surface area contributed by atoms with Crippen molar-refractivity contribution in [2.24, 2.45) is 0 Å². The summed E-state index contributed by atoms with van der Waals surface area (Å²) < 4.78 is 12.3. The van der Waals surface area contributed by atoms with Crippen LogP contribution in [0.15, 0.2) is 48.5 Å². The molecule has 0 amide bonds. The molecule has 1 unspecified atom stereocenters. The van der Waals surface area contributed by atoms with Crippen LogP contribution in [-0.4, -0.2) is 30.6 Å². The number of benzene rings is 2. The van der Waals surface area contributed by atoms with Gasteiger partial charge in [0.15, 0.2) is 11.5 Å². The van der Waals surface area contributed by atoms with Crippen molar-refractivity contribution in [2.75, 3.05) is 19.6 Å². The van der Waals surface area contributed by atoms with Gasteiger partial charge in [-0.2, -0.15) is 0 Å². The lowest BCUT2D eigenvalue weighted by atomic mass is 10.2. The molecule has 0 saturated carbocycles. The highest BCUT2D eigenvalue weighted by molar-refractivity contribution is 5.44. The highest BCUT2D eigenvalue weighted by Gasteiger charge is 2.14. The minimum Gasteiger partial charge on any atom is -0.485 e. The van der Waals surface area contributed by atoms with Crippen LogP contribution in [0.25, 0.3) is 0 Å². The summed E-state index contributed by atoms with van der Waals surface area (Å²) in [7, 11) is 0. The Balaban J connectivity index is 2.05. The van der Waals surface area contributed by atoms with Crippen LogP contribution in [0, 0.1) is 6.92 Å². The van der Waals surface area contributed by atoms with E-state index in [4.69, 9.17) is 9.47 Å². The van der Waals surface area contributed by atoms with Crippen LogP contribution in [-0.2, 0) is 0 Å². The Kier molecular flexibility index (Phi) is 7.80. The first-order valence-electron chi connectivity index (χ1n) is 9.35. The standard InChI is InChI=1S/C22H31NO2/c1-5-15-23(16-6-2)17-19(4)24-21-13-9-10-14-22(21)25-20-12-8-7-11-18(20)3/h7-14,19H,5-6,15-17H2,1-4H3. The van der Waals surface area contributed by atoms with E-state index in [1.165, 1.54) is 12.8 Å². The van der Waals surface area contributed by atoms with Gasteiger partial charge in [-0.3, -0.25) is 4.90 Å². The van der Waals surface area contributed by atoms with Gasteiger partial charge in [0.05, 0.1) is 0 Å². The molecule has 0 spiro atoms. The lowest BCUT2D eigenvalue weighted by Gasteiger charge is -2.26. The van der Waals surface area contributed by atoms with Crippen LogP contribution in [0.1, 0.15) is 39.2 Å². The van der Waals surface area contributed by atoms with Crippen molar-refractivity contribution in [3.63, 3.8) is 0 Å². The van der Waals surface area contributed by atoms with Gasteiger partial charge in [0.2, 0.25) is 0 Å². The minimum atomic E-state index is 0.111. The number of hydrogen-bond acceptors (Lipinski definition) is 3. The smallest absolute Gasteiger partial charge is 0.169 e. The van der Waals surface area contributed by atoms with Crippen LogP contribution in [0.2, 0.25) is 0 Å². The third-order valence-corrected chi connectivity index (χ3v) is 4.09. The molecule has 25 heavy (non-hydrogen) atoms. The van der Waals surface area contributed by atoms with Crippen LogP contribution < -0.4 is 9.47 Å². The van der Waals surface area contributed by atoms with Crippen LogP contribution in [0.5, 0.6) is 17.2 Å². The van der Waals surface area contributed by atoms with Crippen LogP contribution >= 0.6 is 0 Å². The Labute approximate surface area is 152 Å². The van der Waals surface area contributed by atoms with E-state index in [0.717, 1.165) is 42.4 Å². The maximum atomic E-state index is 6.21. The summed E-state index contributed by atoms with van der Waals surface area (Å²) >= 11 is 0. The first-order chi connectivity index (χ1) is 12.1. The van der Waals surface area contributed by atoms with Gasteiger partial charge in [-0.1, -0.05) is 44.2 Å². The SMILES string of the molecule is CCCN(CCC)CC(C)Oc1ccccc1Oc1ccccc1C. The average Bonchev–Trinajstić information content (AvgIpc) is 2.59. The van der Waals surface area contributed by atoms with Crippen molar-refractivity contribution >= 4 is 0 Å². The number of ether oxygens (including phenoxy) is 2. The van der Waals surface area contributed by atoms with E-state index >= 15 is 0 Å². The number of para-hydroxylation sites is 3. The van der Waals surface area contributed by atoms with Gasteiger partial charge in [-0.15, -0.1) is 0 Å². The summed E-state index contributed by atoms with van der Waals surface area (Å²) in [5.41, 5.74) is 1.11. The normalized spacial score (nSPS) is 12.2. The summed E-state index contributed by atoms with van der Waals surface area (Å²) in [6.45, 7) is 11.8. The maximum absolute atomic E-state index is 6.21. The highest BCUT2D eigenvalue weighted by atomic mass is 16.5. The minimum absolute atomic E-state index is 0.111. The molecule has 0 aliphatic heterocycles. The third-order valence-electron chi connectivity index (χ3n) is 4.09. The predicted octanol–water partition coefficient (Wildman–Crippen LogP) is 5.68. The fourth-order valence-electron chi connectivity index (χ4n) is 2.97. The molecule has 0 aromatic heterocycles. The largest absolute Gasteiger partial charge is 0.485 e. The summed E-state index contributed by atoms with van der Waals surface area (Å²) in [5.74, 6) is 2.43. The van der Waals surface area contributed by atoms with Crippen LogP contribution in [0.4, 0.5) is 0 Å². The maximum Gasteiger partial charge on any atom is 0.169 e. The zero-order valence-corrected chi connectivity index (χ0v) is 16.0. The van der Waals surface area contributed by atoms with Gasteiger partial charge in [0, 0.05) is 6.54 Å². The molecule has 0 fully saturated rings. The number of aryl methyl sites for hydroxylation is 1. The quantitative estimate of drug-likeness (QED) is 0.555. The van der Waals surface area contributed by atoms with Crippen molar-refractivity contribution in [3.05, 3.63) is 54.1 Å². The highest BCUT2D eigenvalue weighted by Crippen LogP contribution is 2.33. The van der Waals surface area contributed by atoms with Crippen molar-refractivity contribution in [1.29, 1.82) is 0 Å². The van der Waals surface area contributed by atoms with Crippen molar-refractivity contribution in [2.45, 2.75) is 46.6 Å². The first-order valence-corrected chi connectivity index (χ1v) is 9.35. The van der Waals surface area contributed by atoms with E-state index in [9.17, 15) is 0 Å². The van der Waals surface area contributed by atoms with Gasteiger partial charge >= 0.3 is 0 Å². The molecule has 2 aromatic carbocycles. The Morgan fingerprint density at radius 2 is 1.40 bits per heavy atom. The molecule has 0 bridgehead atoms. The number of rotatable bonds is 10. The summed E-state index contributed by atoms with van der Waals surface area (Å²) in [5, 5.41) is 0. The van der Waals surface area contributed by atoms with E-state index in [-0.39, 0.29) is 6.10 Å². The average molecular weight is 341 g/mol. The van der Waals surface area contributed by atoms with E-state index in [2.05, 4.69) is 38.7 Å². The van der Waals surface area contributed by atoms with Crippen molar-refractivity contribution in [1.82, 2.24) is 4.90 Å². The Morgan fingerprint density at radius 3 is 2.00 bits per heavy atom. The van der Waals surface area contributed by atoms with Gasteiger partial charge in [0.1, 0.15) is 11.9 Å². The molecular formula is C22H31NO2. The lowest BCUT2D eigenvalue weighted by molar-refractivity contribution is 0.142. The summed E-state index contributed by atoms with van der Waals surface area (Å²) in [6, 6.07) is 16.0. The summed E-state index contributed by atoms with van der Waals surface area (Å²) in [6.07, 6.45) is 2.44. The molecule has 0 N–H and O–H groups in total. The van der Waals surface area contributed by atoms with E-state index < -0.39 is 0 Å². The molecule has 3 nitrogen and oxygen atoms in total. The molecule has 0 aliphatic rings. The summed E-state index contributed by atoms with van der Waals surface area (Å²) in [4.78, 5) is 2.47. The first kappa shape index (κ1) is 19.3. The molecule has 0 heterocycles. The van der Waals surface area contributed by atoms with Crippen LogP contribution in [0.3, 0.4) is 0 Å². The van der Waals surface area contributed by atoms with Gasteiger partial charge in [0.25, 0.3) is 0 Å². The predicted molar refractivity (Wildman–Crippen MR) is 105 cm³/mol. The van der Waals surface area contributed by atoms with E-state index in [0.29, 0.717) is 0 Å². The molecule has 0 aliphatic carbocycles. The monoisotopic (exact) mass is 341 g/mol. The Morgan fingerprint density at radius 1 is 0.840 bits per heavy atom. The molecule has 0 radical (unpaired) electrons. The van der Waals surface area contributed by atoms with Gasteiger partial charge < -0.3 is 9.47 Å².